The molecule has 138 valence electrons. The van der Waals surface area contributed by atoms with Gasteiger partial charge in [0.2, 0.25) is 0 Å². The number of nitrogens with one attached hydrogen (secondary N) is 1. The molecule has 0 aliphatic heterocycles. The van der Waals surface area contributed by atoms with E-state index in [9.17, 15) is 0 Å². The quantitative estimate of drug-likeness (QED) is 0.327. The van der Waals surface area contributed by atoms with Crippen LogP contribution in [0.1, 0.15) is 0 Å². The summed E-state index contributed by atoms with van der Waals surface area (Å²) < 4.78 is 5.04. The first kappa shape index (κ1) is 16.4. The molecule has 1 N–H and O–H groups in total. The normalized spacial score (nSPS) is 11.4. The summed E-state index contributed by atoms with van der Waals surface area (Å²) in [5.74, 6) is 0. The van der Waals surface area contributed by atoms with Gasteiger partial charge in [0.1, 0.15) is 0 Å². The van der Waals surface area contributed by atoms with Gasteiger partial charge in [0.25, 0.3) is 0 Å². The third kappa shape index (κ3) is 2.63. The number of hydrogen-bond acceptors (Lipinski definition) is 2. The number of para-hydroxylation sites is 3. The maximum Gasteiger partial charge on any atom is 0.0727 e. The summed E-state index contributed by atoms with van der Waals surface area (Å²) >= 11 is 1.87. The molecule has 0 saturated heterocycles. The molecule has 2 nitrogen and oxygen atoms in total. The van der Waals surface area contributed by atoms with E-state index in [2.05, 4.69) is 107 Å². The first-order valence-electron chi connectivity index (χ1n) is 9.72. The van der Waals surface area contributed by atoms with Crippen molar-refractivity contribution in [1.82, 2.24) is 4.57 Å². The molecule has 0 aliphatic rings. The number of anilines is 2. The van der Waals surface area contributed by atoms with Gasteiger partial charge in [0.15, 0.2) is 0 Å². The van der Waals surface area contributed by atoms with Gasteiger partial charge >= 0.3 is 0 Å². The van der Waals surface area contributed by atoms with E-state index in [4.69, 9.17) is 0 Å². The van der Waals surface area contributed by atoms with E-state index in [0.717, 1.165) is 11.4 Å². The van der Waals surface area contributed by atoms with Crippen LogP contribution in [0, 0.1) is 0 Å². The fourth-order valence-corrected chi connectivity index (χ4v) is 5.34. The Morgan fingerprint density at radius 3 is 2.17 bits per heavy atom. The molecule has 0 radical (unpaired) electrons. The Labute approximate surface area is 172 Å². The second kappa shape index (κ2) is 6.50. The first-order chi connectivity index (χ1) is 14.4. The van der Waals surface area contributed by atoms with Gasteiger partial charge in [-0.05, 0) is 48.5 Å². The van der Waals surface area contributed by atoms with Crippen molar-refractivity contribution in [2.45, 2.75) is 0 Å². The van der Waals surface area contributed by atoms with E-state index >= 15 is 0 Å². The Bertz CT molecular complexity index is 1460. The lowest BCUT2D eigenvalue weighted by molar-refractivity contribution is 1.19. The molecule has 4 aromatic carbocycles. The largest absolute Gasteiger partial charge is 0.355 e. The van der Waals surface area contributed by atoms with E-state index in [1.807, 2.05) is 17.4 Å². The van der Waals surface area contributed by atoms with Gasteiger partial charge in [-0.15, -0.1) is 11.3 Å². The average molecular weight is 391 g/mol. The molecule has 0 amide bonds. The van der Waals surface area contributed by atoms with Gasteiger partial charge in [-0.1, -0.05) is 54.6 Å². The summed E-state index contributed by atoms with van der Waals surface area (Å²) in [4.78, 5) is 0. The van der Waals surface area contributed by atoms with Crippen LogP contribution in [0.25, 0.3) is 36.9 Å². The van der Waals surface area contributed by atoms with Crippen LogP contribution in [0.15, 0.2) is 103 Å². The minimum atomic E-state index is 1.10. The highest BCUT2D eigenvalue weighted by Gasteiger charge is 2.17. The first-order valence-corrected chi connectivity index (χ1v) is 10.5. The molecule has 0 spiro atoms. The number of benzene rings is 4. The lowest BCUT2D eigenvalue weighted by atomic mass is 10.2. The fraction of sp³-hybridized carbons (Fsp3) is 0. The van der Waals surface area contributed by atoms with Crippen molar-refractivity contribution < 1.29 is 0 Å². The summed E-state index contributed by atoms with van der Waals surface area (Å²) in [5.41, 5.74) is 5.97. The smallest absolute Gasteiger partial charge is 0.0727 e. The highest BCUT2D eigenvalue weighted by Crippen LogP contribution is 2.43. The van der Waals surface area contributed by atoms with Gasteiger partial charge in [-0.3, -0.25) is 0 Å². The zero-order valence-corrected chi connectivity index (χ0v) is 16.5. The molecule has 2 aromatic heterocycles. The van der Waals surface area contributed by atoms with Gasteiger partial charge in [-0.25, -0.2) is 0 Å². The van der Waals surface area contributed by atoms with Gasteiger partial charge in [-0.2, -0.15) is 0 Å². The van der Waals surface area contributed by atoms with E-state index < -0.39 is 0 Å². The third-order valence-corrected chi connectivity index (χ3v) is 6.53. The standard InChI is InChI=1S/C26H18N2S/c1-3-9-18(10-4-1)27-19-15-16-22-24(17-19)29-26-21-13-7-8-14-23(21)28(25(22)26)20-11-5-2-6-12-20/h1-17,27H. The topological polar surface area (TPSA) is 17.0 Å². The lowest BCUT2D eigenvalue weighted by Crippen LogP contribution is -1.93. The number of rotatable bonds is 3. The fourth-order valence-electron chi connectivity index (χ4n) is 4.08. The predicted molar refractivity (Wildman–Crippen MR) is 126 cm³/mol. The third-order valence-electron chi connectivity index (χ3n) is 5.35. The highest BCUT2D eigenvalue weighted by atomic mass is 32.1. The summed E-state index contributed by atoms with van der Waals surface area (Å²) in [7, 11) is 0. The van der Waals surface area contributed by atoms with Gasteiger partial charge in [0.05, 0.1) is 15.7 Å². The van der Waals surface area contributed by atoms with Crippen LogP contribution < -0.4 is 5.32 Å². The SMILES string of the molecule is c1ccc(Nc2ccc3c(c2)sc2c4ccccc4n(-c4ccccc4)c32)cc1. The number of hydrogen-bond donors (Lipinski definition) is 1. The Morgan fingerprint density at radius 2 is 1.34 bits per heavy atom. The van der Waals surface area contributed by atoms with E-state index in [0.29, 0.717) is 0 Å². The highest BCUT2D eigenvalue weighted by molar-refractivity contribution is 7.26. The Kier molecular flexibility index (Phi) is 3.68. The molecule has 0 aliphatic carbocycles. The van der Waals surface area contributed by atoms with Crippen LogP contribution in [-0.2, 0) is 0 Å². The summed E-state index contributed by atoms with van der Waals surface area (Å²) in [6.07, 6.45) is 0. The van der Waals surface area contributed by atoms with Crippen molar-refractivity contribution in [3.63, 3.8) is 0 Å². The molecule has 29 heavy (non-hydrogen) atoms. The number of aromatic nitrogens is 1. The lowest BCUT2D eigenvalue weighted by Gasteiger charge is -2.09. The van der Waals surface area contributed by atoms with E-state index in [-0.39, 0.29) is 0 Å². The van der Waals surface area contributed by atoms with Crippen LogP contribution in [0.4, 0.5) is 11.4 Å². The molecular weight excluding hydrogens is 372 g/mol. The van der Waals surface area contributed by atoms with E-state index in [1.165, 1.54) is 36.9 Å². The molecule has 6 rings (SSSR count). The average Bonchev–Trinajstić information content (AvgIpc) is 3.29. The zero-order valence-electron chi connectivity index (χ0n) is 15.7. The van der Waals surface area contributed by atoms with Crippen molar-refractivity contribution in [2.24, 2.45) is 0 Å². The maximum atomic E-state index is 3.52. The van der Waals surface area contributed by atoms with Crippen molar-refractivity contribution in [2.75, 3.05) is 5.32 Å². The van der Waals surface area contributed by atoms with E-state index in [1.54, 1.807) is 0 Å². The number of thiophene rings is 1. The molecule has 0 bridgehead atoms. The summed E-state index contributed by atoms with van der Waals surface area (Å²) in [6.45, 7) is 0. The molecular formula is C26H18N2S. The Balaban J connectivity index is 1.61. The summed E-state index contributed by atoms with van der Waals surface area (Å²) in [6, 6.07) is 36.3. The molecule has 0 atom stereocenters. The Morgan fingerprint density at radius 1 is 0.621 bits per heavy atom. The van der Waals surface area contributed by atoms with Crippen LogP contribution in [-0.4, -0.2) is 4.57 Å². The maximum absolute atomic E-state index is 3.52. The van der Waals surface area contributed by atoms with Crippen molar-refractivity contribution >= 4 is 53.9 Å². The van der Waals surface area contributed by atoms with Crippen LogP contribution in [0.5, 0.6) is 0 Å². The molecule has 3 heteroatoms. The molecule has 0 unspecified atom stereocenters. The zero-order chi connectivity index (χ0) is 19.2. The molecule has 6 aromatic rings. The van der Waals surface area contributed by atoms with Crippen molar-refractivity contribution in [3.05, 3.63) is 103 Å². The van der Waals surface area contributed by atoms with Crippen LogP contribution >= 0.6 is 11.3 Å². The Hall–Kier alpha value is -3.56. The molecule has 2 heterocycles. The van der Waals surface area contributed by atoms with Gasteiger partial charge < -0.3 is 9.88 Å². The van der Waals surface area contributed by atoms with Crippen LogP contribution in [0.3, 0.4) is 0 Å². The number of fused-ring (bicyclic) bond motifs is 5. The molecule has 0 fully saturated rings. The van der Waals surface area contributed by atoms with Gasteiger partial charge in [0, 0.05) is 32.5 Å². The minimum Gasteiger partial charge on any atom is -0.355 e. The predicted octanol–water partition coefficient (Wildman–Crippen LogP) is 7.74. The minimum absolute atomic E-state index is 1.10. The second-order valence-electron chi connectivity index (χ2n) is 7.17. The number of nitrogens with zero attached hydrogens (tertiary/aromatic N) is 1. The summed E-state index contributed by atoms with van der Waals surface area (Å²) in [5, 5.41) is 6.12. The van der Waals surface area contributed by atoms with Crippen molar-refractivity contribution in [1.29, 1.82) is 0 Å². The monoisotopic (exact) mass is 390 g/mol. The van der Waals surface area contributed by atoms with Crippen molar-refractivity contribution in [3.8, 4) is 5.69 Å². The van der Waals surface area contributed by atoms with Crippen LogP contribution in [0.2, 0.25) is 0 Å². The molecule has 0 saturated carbocycles. The second-order valence-corrected chi connectivity index (χ2v) is 8.22.